The van der Waals surface area contributed by atoms with E-state index >= 15 is 0 Å². The molecular weight excluding hydrogens is 1320 g/mol. The van der Waals surface area contributed by atoms with Crippen molar-refractivity contribution in [3.05, 3.63) is 24.3 Å². The van der Waals surface area contributed by atoms with E-state index in [9.17, 15) is 43.2 Å². The Kier molecular flexibility index (Phi) is 71.3. The highest BCUT2D eigenvalue weighted by molar-refractivity contribution is 7.47. The minimum atomic E-state index is -4.97. The van der Waals surface area contributed by atoms with Crippen LogP contribution in [-0.2, 0) is 65.4 Å². The van der Waals surface area contributed by atoms with Gasteiger partial charge in [0, 0.05) is 25.7 Å². The molecule has 0 aromatic rings. The maximum Gasteiger partial charge on any atom is 0.472 e. The van der Waals surface area contributed by atoms with Crippen molar-refractivity contribution in [1.82, 2.24) is 0 Å². The van der Waals surface area contributed by atoms with E-state index in [0.29, 0.717) is 25.7 Å². The van der Waals surface area contributed by atoms with Gasteiger partial charge in [-0.25, -0.2) is 9.13 Å². The summed E-state index contributed by atoms with van der Waals surface area (Å²) in [6, 6.07) is 0. The van der Waals surface area contributed by atoms with Crippen molar-refractivity contribution in [2.24, 2.45) is 11.8 Å². The van der Waals surface area contributed by atoms with Gasteiger partial charge in [-0.05, 0) is 63.2 Å². The third-order valence-corrected chi connectivity index (χ3v) is 20.8. The van der Waals surface area contributed by atoms with E-state index < -0.39 is 97.5 Å². The van der Waals surface area contributed by atoms with E-state index in [1.165, 1.54) is 205 Å². The molecular formula is C82H156O17P2. The second-order valence-electron chi connectivity index (χ2n) is 29.5. The van der Waals surface area contributed by atoms with Gasteiger partial charge >= 0.3 is 39.5 Å². The van der Waals surface area contributed by atoms with Crippen LogP contribution in [0.3, 0.4) is 0 Å². The van der Waals surface area contributed by atoms with Crippen LogP contribution in [0.1, 0.15) is 408 Å². The summed E-state index contributed by atoms with van der Waals surface area (Å²) in [5.74, 6) is -0.611. The standard InChI is InChI=1S/C82H156O17P2/c1-7-10-12-14-16-18-20-22-24-25-26-30-33-37-41-45-52-58-64-79(84)92-70-77(98-81(86)66-61-55-47-43-39-35-31-27-29-32-36-40-44-50-56-62-74(4)5)72-96-100(88,89)94-68-76(83)69-95-101(90,91)97-73-78(71-93-80(85)65-59-53-49-48-51-57-63-75(6)9-3)99-82(87)67-60-54-46-42-38-34-28-23-21-19-17-15-13-11-8-2/h19,21,23,28,74-78,83H,7-18,20,22,24-27,29-73H2,1-6H3,(H,88,89)(H,90,91)/b21-19-,28-23-/t75?,76-,77-,78-/m1/s1. The highest BCUT2D eigenvalue weighted by Gasteiger charge is 2.30. The molecule has 0 aliphatic heterocycles. The van der Waals surface area contributed by atoms with Gasteiger partial charge in [-0.3, -0.25) is 37.3 Å². The summed E-state index contributed by atoms with van der Waals surface area (Å²) in [4.78, 5) is 73.0. The number of aliphatic hydroxyl groups excluding tert-OH is 1. The lowest BCUT2D eigenvalue weighted by Crippen LogP contribution is -2.30. The Bertz CT molecular complexity index is 2040. The Labute approximate surface area is 618 Å². The van der Waals surface area contributed by atoms with Crippen LogP contribution in [0.15, 0.2) is 24.3 Å². The van der Waals surface area contributed by atoms with Gasteiger partial charge in [-0.1, -0.05) is 355 Å². The smallest absolute Gasteiger partial charge is 0.462 e. The predicted octanol–water partition coefficient (Wildman–Crippen LogP) is 24.2. The number of aliphatic hydroxyl groups is 1. The molecule has 0 aromatic carbocycles. The highest BCUT2D eigenvalue weighted by Crippen LogP contribution is 2.45. The van der Waals surface area contributed by atoms with Gasteiger partial charge in [-0.15, -0.1) is 0 Å². The number of rotatable bonds is 79. The molecule has 0 radical (unpaired) electrons. The minimum Gasteiger partial charge on any atom is -0.462 e. The first-order valence-electron chi connectivity index (χ1n) is 41.8. The highest BCUT2D eigenvalue weighted by atomic mass is 31.2. The fourth-order valence-electron chi connectivity index (χ4n) is 12.1. The molecule has 3 N–H and O–H groups in total. The Balaban J connectivity index is 5.27. The zero-order valence-electron chi connectivity index (χ0n) is 65.7. The molecule has 6 atom stereocenters. The zero-order chi connectivity index (χ0) is 74.2. The number of allylic oxidation sites excluding steroid dienone is 4. The number of hydrogen-bond acceptors (Lipinski definition) is 15. The van der Waals surface area contributed by atoms with Crippen molar-refractivity contribution in [1.29, 1.82) is 0 Å². The second-order valence-corrected chi connectivity index (χ2v) is 32.5. The van der Waals surface area contributed by atoms with Gasteiger partial charge in [0.05, 0.1) is 26.4 Å². The van der Waals surface area contributed by atoms with Gasteiger partial charge in [0.1, 0.15) is 19.3 Å². The molecule has 17 nitrogen and oxygen atoms in total. The zero-order valence-corrected chi connectivity index (χ0v) is 67.5. The lowest BCUT2D eigenvalue weighted by molar-refractivity contribution is -0.161. The molecule has 0 aliphatic rings. The molecule has 0 rings (SSSR count). The van der Waals surface area contributed by atoms with Crippen LogP contribution in [0.25, 0.3) is 0 Å². The van der Waals surface area contributed by atoms with Crippen LogP contribution in [0.2, 0.25) is 0 Å². The van der Waals surface area contributed by atoms with Crippen molar-refractivity contribution in [2.75, 3.05) is 39.6 Å². The summed E-state index contributed by atoms with van der Waals surface area (Å²) in [6.07, 6.45) is 66.1. The number of carbonyl (C=O) groups excluding carboxylic acids is 4. The number of ether oxygens (including phenoxy) is 4. The van der Waals surface area contributed by atoms with Crippen LogP contribution in [0.4, 0.5) is 0 Å². The Morgan fingerprint density at radius 2 is 0.584 bits per heavy atom. The first kappa shape index (κ1) is 98.5. The van der Waals surface area contributed by atoms with E-state index in [1.807, 2.05) is 0 Å². The van der Waals surface area contributed by atoms with E-state index in [0.717, 1.165) is 121 Å². The maximum absolute atomic E-state index is 13.1. The number of phosphoric ester groups is 2. The third kappa shape index (κ3) is 74.2. The normalized spacial score (nSPS) is 14.3. The average Bonchev–Trinajstić information content (AvgIpc) is 0.945. The van der Waals surface area contributed by atoms with Gasteiger partial charge in [0.25, 0.3) is 0 Å². The summed E-state index contributed by atoms with van der Waals surface area (Å²) in [7, 11) is -9.93. The van der Waals surface area contributed by atoms with Crippen LogP contribution in [0, 0.1) is 11.8 Å². The van der Waals surface area contributed by atoms with Crippen molar-refractivity contribution in [3.8, 4) is 0 Å². The molecule has 0 heterocycles. The largest absolute Gasteiger partial charge is 0.472 e. The SMILES string of the molecule is CCCCCC/C=C\C=C/CCCCCCCC(=O)O[C@H](COC(=O)CCCCCCCCC(C)CC)COP(=O)(O)OC[C@H](O)COP(=O)(O)OC[C@@H](COC(=O)CCCCCCCCCCCCCCCCCCCC)OC(=O)CCCCCCCCCCCCCCCCCC(C)C. The molecule has 3 unspecified atom stereocenters. The minimum absolute atomic E-state index is 0.0843. The fourth-order valence-corrected chi connectivity index (χ4v) is 13.7. The van der Waals surface area contributed by atoms with Crippen LogP contribution >= 0.6 is 15.6 Å². The lowest BCUT2D eigenvalue weighted by atomic mass is 10.00. The van der Waals surface area contributed by atoms with Gasteiger partial charge < -0.3 is 33.8 Å². The number of carbonyl (C=O) groups is 4. The van der Waals surface area contributed by atoms with Crippen LogP contribution in [-0.4, -0.2) is 96.7 Å². The van der Waals surface area contributed by atoms with E-state index in [-0.39, 0.29) is 25.7 Å². The van der Waals surface area contributed by atoms with Crippen LogP contribution < -0.4 is 0 Å². The van der Waals surface area contributed by atoms with Gasteiger partial charge in [0.2, 0.25) is 0 Å². The van der Waals surface area contributed by atoms with Crippen molar-refractivity contribution >= 4 is 39.5 Å². The Hall–Kier alpha value is -2.46. The predicted molar refractivity (Wildman–Crippen MR) is 414 cm³/mol. The third-order valence-electron chi connectivity index (χ3n) is 18.9. The fraction of sp³-hybridized carbons (Fsp3) is 0.902. The first-order valence-corrected chi connectivity index (χ1v) is 44.8. The molecule has 0 spiro atoms. The quantitative estimate of drug-likeness (QED) is 0.0169. The number of phosphoric acid groups is 2. The molecule has 19 heteroatoms. The van der Waals surface area contributed by atoms with Gasteiger partial charge in [0.15, 0.2) is 12.2 Å². The van der Waals surface area contributed by atoms with Crippen molar-refractivity contribution < 1.29 is 80.2 Å². The summed E-state index contributed by atoms with van der Waals surface area (Å²) in [5.41, 5.74) is 0. The average molecular weight is 1480 g/mol. The second kappa shape index (κ2) is 73.1. The summed E-state index contributed by atoms with van der Waals surface area (Å²) < 4.78 is 68.7. The summed E-state index contributed by atoms with van der Waals surface area (Å²) >= 11 is 0. The lowest BCUT2D eigenvalue weighted by Gasteiger charge is -2.21. The number of unbranched alkanes of at least 4 members (excludes halogenated alkanes) is 45. The van der Waals surface area contributed by atoms with E-state index in [1.54, 1.807) is 0 Å². The van der Waals surface area contributed by atoms with Crippen molar-refractivity contribution in [2.45, 2.75) is 426 Å². The molecule has 0 aliphatic carbocycles. The molecule has 0 aromatic heterocycles. The summed E-state index contributed by atoms with van der Waals surface area (Å²) in [5, 5.41) is 10.6. The number of esters is 4. The molecule has 0 amide bonds. The molecule has 101 heavy (non-hydrogen) atoms. The molecule has 0 saturated heterocycles. The topological polar surface area (TPSA) is 237 Å². The monoisotopic (exact) mass is 1480 g/mol. The Morgan fingerprint density at radius 3 is 0.891 bits per heavy atom. The molecule has 0 bridgehead atoms. The van der Waals surface area contributed by atoms with E-state index in [4.69, 9.17) is 37.0 Å². The molecule has 0 saturated carbocycles. The maximum atomic E-state index is 13.1. The molecule has 0 fully saturated rings. The van der Waals surface area contributed by atoms with E-state index in [2.05, 4.69) is 65.8 Å². The molecule has 596 valence electrons. The van der Waals surface area contributed by atoms with Crippen molar-refractivity contribution in [3.63, 3.8) is 0 Å². The first-order chi connectivity index (χ1) is 48.9. The van der Waals surface area contributed by atoms with Crippen LogP contribution in [0.5, 0.6) is 0 Å². The van der Waals surface area contributed by atoms with Gasteiger partial charge in [-0.2, -0.15) is 0 Å². The Morgan fingerprint density at radius 1 is 0.327 bits per heavy atom. The summed E-state index contributed by atoms with van der Waals surface area (Å²) in [6.45, 7) is 9.56. The number of hydrogen-bond donors (Lipinski definition) is 3.